The van der Waals surface area contributed by atoms with Crippen LogP contribution in [0.15, 0.2) is 24.7 Å². The van der Waals surface area contributed by atoms with Gasteiger partial charge in [-0.3, -0.25) is 8.80 Å². The Bertz CT molecular complexity index is 1020. The Morgan fingerprint density at radius 3 is 2.41 bits per heavy atom. The number of fused-ring (bicyclic) bond motifs is 2. The van der Waals surface area contributed by atoms with Gasteiger partial charge in [0.1, 0.15) is 5.69 Å². The molecule has 0 aliphatic carbocycles. The van der Waals surface area contributed by atoms with Crippen LogP contribution in [0, 0.1) is 27.7 Å². The molecule has 4 aromatic heterocycles. The zero-order valence-electron chi connectivity index (χ0n) is 13.0. The lowest BCUT2D eigenvalue weighted by atomic mass is 10.2. The van der Waals surface area contributed by atoms with Crippen LogP contribution in [0.2, 0.25) is 0 Å². The second kappa shape index (κ2) is 4.37. The van der Waals surface area contributed by atoms with Crippen molar-refractivity contribution in [1.29, 1.82) is 0 Å². The summed E-state index contributed by atoms with van der Waals surface area (Å²) >= 11 is 0. The van der Waals surface area contributed by atoms with Crippen molar-refractivity contribution in [3.63, 3.8) is 0 Å². The maximum atomic E-state index is 4.72. The molecular weight excluding hydrogens is 276 g/mol. The van der Waals surface area contributed by atoms with E-state index in [1.807, 2.05) is 43.6 Å². The average Bonchev–Trinajstić information content (AvgIpc) is 3.02. The lowest BCUT2D eigenvalue weighted by Gasteiger charge is -2.09. The molecule has 0 amide bonds. The quantitative estimate of drug-likeness (QED) is 0.541. The van der Waals surface area contributed by atoms with E-state index < -0.39 is 0 Å². The lowest BCUT2D eigenvalue weighted by Crippen LogP contribution is -2.02. The lowest BCUT2D eigenvalue weighted by molar-refractivity contribution is 0.991. The normalized spacial score (nSPS) is 11.6. The molecule has 0 aliphatic rings. The van der Waals surface area contributed by atoms with Gasteiger partial charge in [0.25, 0.3) is 0 Å². The van der Waals surface area contributed by atoms with Crippen molar-refractivity contribution < 1.29 is 0 Å². The molecule has 0 saturated carbocycles. The highest BCUT2D eigenvalue weighted by Crippen LogP contribution is 2.25. The Morgan fingerprint density at radius 2 is 1.59 bits per heavy atom. The Balaban J connectivity index is 2.16. The van der Waals surface area contributed by atoms with Crippen molar-refractivity contribution in [2.24, 2.45) is 0 Å². The first-order valence-electron chi connectivity index (χ1n) is 7.18. The molecule has 4 heterocycles. The topological polar surface area (TPSA) is 60.4 Å². The standard InChI is InChI=1S/C16H16N6/c1-9-7-18-14(15-20-11(3)12(4)21(9)15)13-5-6-17-16-19-8-10(2)22(13)16/h5-8H,1-4H3. The third-order valence-electron chi connectivity index (χ3n) is 4.11. The number of nitrogens with zero attached hydrogens (tertiary/aromatic N) is 6. The number of aromatic nitrogens is 6. The van der Waals surface area contributed by atoms with E-state index in [1.165, 1.54) is 0 Å². The molecule has 0 aliphatic heterocycles. The van der Waals surface area contributed by atoms with Crippen molar-refractivity contribution in [2.75, 3.05) is 0 Å². The highest BCUT2D eigenvalue weighted by molar-refractivity contribution is 5.73. The fourth-order valence-corrected chi connectivity index (χ4v) is 2.90. The highest BCUT2D eigenvalue weighted by atomic mass is 15.1. The number of rotatable bonds is 1. The fourth-order valence-electron chi connectivity index (χ4n) is 2.90. The van der Waals surface area contributed by atoms with E-state index in [9.17, 15) is 0 Å². The van der Waals surface area contributed by atoms with Crippen molar-refractivity contribution in [3.8, 4) is 11.4 Å². The predicted molar refractivity (Wildman–Crippen MR) is 83.9 cm³/mol. The van der Waals surface area contributed by atoms with Crippen molar-refractivity contribution in [1.82, 2.24) is 28.7 Å². The van der Waals surface area contributed by atoms with Gasteiger partial charge in [0.2, 0.25) is 5.78 Å². The molecule has 22 heavy (non-hydrogen) atoms. The molecule has 0 saturated heterocycles. The Hall–Kier alpha value is -2.76. The Labute approximate surface area is 127 Å². The van der Waals surface area contributed by atoms with Crippen LogP contribution in [0.25, 0.3) is 22.8 Å². The van der Waals surface area contributed by atoms with E-state index >= 15 is 0 Å². The van der Waals surface area contributed by atoms with Gasteiger partial charge in [-0.1, -0.05) is 0 Å². The SMILES string of the molecule is Cc1nc2c(-c3ccnc4ncc(C)n34)ncc(C)n2c1C. The Kier molecular flexibility index (Phi) is 2.57. The maximum absolute atomic E-state index is 4.72. The van der Waals surface area contributed by atoms with Gasteiger partial charge in [-0.2, -0.15) is 0 Å². The molecule has 0 bridgehead atoms. The zero-order valence-corrected chi connectivity index (χ0v) is 13.0. The van der Waals surface area contributed by atoms with Crippen molar-refractivity contribution >= 4 is 11.4 Å². The van der Waals surface area contributed by atoms with E-state index in [1.54, 1.807) is 6.20 Å². The minimum atomic E-state index is 0.676. The summed E-state index contributed by atoms with van der Waals surface area (Å²) < 4.78 is 4.16. The molecule has 6 heteroatoms. The molecule has 0 fully saturated rings. The second-order valence-electron chi connectivity index (χ2n) is 5.55. The van der Waals surface area contributed by atoms with Crippen LogP contribution in [-0.4, -0.2) is 28.7 Å². The third kappa shape index (κ3) is 1.60. The van der Waals surface area contributed by atoms with E-state index in [0.29, 0.717) is 5.78 Å². The molecule has 0 aromatic carbocycles. The summed E-state index contributed by atoms with van der Waals surface area (Å²) in [5, 5.41) is 0. The summed E-state index contributed by atoms with van der Waals surface area (Å²) in [5.41, 5.74) is 6.93. The van der Waals surface area contributed by atoms with Gasteiger partial charge in [-0.05, 0) is 33.8 Å². The van der Waals surface area contributed by atoms with E-state index in [4.69, 9.17) is 4.98 Å². The van der Waals surface area contributed by atoms with Gasteiger partial charge in [0.15, 0.2) is 5.65 Å². The van der Waals surface area contributed by atoms with Gasteiger partial charge in [-0.25, -0.2) is 19.9 Å². The first-order chi connectivity index (χ1) is 10.6. The minimum Gasteiger partial charge on any atom is -0.298 e. The molecule has 110 valence electrons. The summed E-state index contributed by atoms with van der Waals surface area (Å²) in [6.07, 6.45) is 5.46. The molecule has 0 N–H and O–H groups in total. The average molecular weight is 292 g/mol. The molecule has 0 spiro atoms. The van der Waals surface area contributed by atoms with E-state index in [-0.39, 0.29) is 0 Å². The monoisotopic (exact) mass is 292 g/mol. The van der Waals surface area contributed by atoms with Crippen LogP contribution in [0.4, 0.5) is 0 Å². The fraction of sp³-hybridized carbons (Fsp3) is 0.250. The van der Waals surface area contributed by atoms with Crippen LogP contribution < -0.4 is 0 Å². The predicted octanol–water partition coefficient (Wildman–Crippen LogP) is 2.67. The summed E-state index contributed by atoms with van der Waals surface area (Å²) in [6.45, 7) is 8.16. The molecule has 0 atom stereocenters. The largest absolute Gasteiger partial charge is 0.298 e. The van der Waals surface area contributed by atoms with Crippen LogP contribution in [0.3, 0.4) is 0 Å². The number of imidazole rings is 2. The number of aryl methyl sites for hydroxylation is 4. The zero-order chi connectivity index (χ0) is 15.4. The third-order valence-corrected chi connectivity index (χ3v) is 4.11. The number of hydrogen-bond acceptors (Lipinski definition) is 4. The van der Waals surface area contributed by atoms with E-state index in [2.05, 4.69) is 26.3 Å². The summed E-state index contributed by atoms with van der Waals surface area (Å²) in [7, 11) is 0. The minimum absolute atomic E-state index is 0.676. The van der Waals surface area contributed by atoms with Gasteiger partial charge in [0, 0.05) is 29.5 Å². The summed E-state index contributed by atoms with van der Waals surface area (Å²) in [4.78, 5) is 18.0. The first kappa shape index (κ1) is 12.9. The molecule has 4 aromatic rings. The maximum Gasteiger partial charge on any atom is 0.234 e. The Morgan fingerprint density at radius 1 is 0.864 bits per heavy atom. The summed E-state index contributed by atoms with van der Waals surface area (Å²) in [6, 6.07) is 1.96. The van der Waals surface area contributed by atoms with Gasteiger partial charge in [-0.15, -0.1) is 0 Å². The van der Waals surface area contributed by atoms with Crippen molar-refractivity contribution in [3.05, 3.63) is 47.4 Å². The van der Waals surface area contributed by atoms with Crippen LogP contribution >= 0.6 is 0 Å². The van der Waals surface area contributed by atoms with Crippen molar-refractivity contribution in [2.45, 2.75) is 27.7 Å². The van der Waals surface area contributed by atoms with E-state index in [0.717, 1.165) is 39.8 Å². The molecule has 4 rings (SSSR count). The molecule has 0 unspecified atom stereocenters. The molecule has 0 radical (unpaired) electrons. The first-order valence-corrected chi connectivity index (χ1v) is 7.18. The van der Waals surface area contributed by atoms with Gasteiger partial charge >= 0.3 is 0 Å². The summed E-state index contributed by atoms with van der Waals surface area (Å²) in [5.74, 6) is 0.676. The molecule has 6 nitrogen and oxygen atoms in total. The van der Waals surface area contributed by atoms with Crippen LogP contribution in [0.5, 0.6) is 0 Å². The number of hydrogen-bond donors (Lipinski definition) is 0. The van der Waals surface area contributed by atoms with Gasteiger partial charge < -0.3 is 0 Å². The second-order valence-corrected chi connectivity index (χ2v) is 5.55. The van der Waals surface area contributed by atoms with Crippen LogP contribution in [0.1, 0.15) is 22.8 Å². The molecular formula is C16H16N6. The highest BCUT2D eigenvalue weighted by Gasteiger charge is 2.16. The van der Waals surface area contributed by atoms with Gasteiger partial charge in [0.05, 0.1) is 17.6 Å². The smallest absolute Gasteiger partial charge is 0.234 e. The van der Waals surface area contributed by atoms with Crippen LogP contribution in [-0.2, 0) is 0 Å².